The van der Waals surface area contributed by atoms with Gasteiger partial charge in [-0.05, 0) is 61.4 Å². The average molecular weight is 423 g/mol. The van der Waals surface area contributed by atoms with E-state index in [9.17, 15) is 4.79 Å². The number of aromatic amines is 1. The van der Waals surface area contributed by atoms with Crippen LogP contribution in [0.25, 0.3) is 10.8 Å². The molecular weight excluding hydrogens is 403 g/mol. The molecule has 0 radical (unpaired) electrons. The van der Waals surface area contributed by atoms with Gasteiger partial charge < -0.3 is 15.0 Å². The minimum absolute atomic E-state index is 0.139. The maximum Gasteiger partial charge on any atom is 0.255 e. The lowest BCUT2D eigenvalue weighted by Crippen LogP contribution is -2.35. The number of ether oxygens (including phenoxy) is 1. The molecular formula is C20H20Cl2N2O2S. The summed E-state index contributed by atoms with van der Waals surface area (Å²) in [6.07, 6.45) is 5.87. The van der Waals surface area contributed by atoms with Crippen molar-refractivity contribution in [2.24, 2.45) is 0 Å². The molecule has 2 heterocycles. The van der Waals surface area contributed by atoms with Crippen molar-refractivity contribution in [3.05, 3.63) is 61.1 Å². The van der Waals surface area contributed by atoms with E-state index in [0.29, 0.717) is 22.2 Å². The fourth-order valence-corrected chi connectivity index (χ4v) is 4.78. The van der Waals surface area contributed by atoms with Gasteiger partial charge in [0.2, 0.25) is 0 Å². The maximum absolute atomic E-state index is 11.9. The Hall–Kier alpha value is -1.53. The van der Waals surface area contributed by atoms with Crippen LogP contribution in [0.1, 0.15) is 30.6 Å². The minimum atomic E-state index is -0.139. The van der Waals surface area contributed by atoms with E-state index in [4.69, 9.17) is 27.9 Å². The Kier molecular flexibility index (Phi) is 5.74. The van der Waals surface area contributed by atoms with Gasteiger partial charge in [0.1, 0.15) is 5.75 Å². The van der Waals surface area contributed by atoms with Gasteiger partial charge in [0.15, 0.2) is 0 Å². The first kappa shape index (κ1) is 18.8. The molecule has 1 fully saturated rings. The number of hydrogen-bond acceptors (Lipinski definition) is 4. The number of H-pyrrole nitrogens is 1. The molecule has 1 aromatic carbocycles. The van der Waals surface area contributed by atoms with Crippen LogP contribution in [0.15, 0.2) is 41.3 Å². The number of rotatable bonds is 5. The molecule has 3 aromatic rings. The smallest absolute Gasteiger partial charge is 0.255 e. The summed E-state index contributed by atoms with van der Waals surface area (Å²) < 4.78 is 6.99. The zero-order valence-electron chi connectivity index (χ0n) is 14.6. The summed E-state index contributed by atoms with van der Waals surface area (Å²) in [7, 11) is 0. The van der Waals surface area contributed by atoms with Crippen LogP contribution in [0, 0.1) is 0 Å². The second kappa shape index (κ2) is 8.23. The molecule has 0 spiro atoms. The summed E-state index contributed by atoms with van der Waals surface area (Å²) in [5.74, 6) is 0.652. The standard InChI is InChI=1S/C20H20Cl2N2O2S/c21-17-10-16-12(7-8-23-20(16)25)9-18(17)26-14-3-1-13(2-4-14)24-11-15-5-6-19(22)27-15/h5-10,13-14,24H,1-4,11H2,(H,23,25)/t13-,14+. The Bertz CT molecular complexity index is 993. The third kappa shape index (κ3) is 4.49. The largest absolute Gasteiger partial charge is 0.489 e. The summed E-state index contributed by atoms with van der Waals surface area (Å²) in [6.45, 7) is 0.860. The number of benzene rings is 1. The molecule has 0 atom stereocenters. The monoisotopic (exact) mass is 422 g/mol. The van der Waals surface area contributed by atoms with Crippen molar-refractivity contribution in [2.45, 2.75) is 44.4 Å². The lowest BCUT2D eigenvalue weighted by molar-refractivity contribution is 0.139. The van der Waals surface area contributed by atoms with Crippen LogP contribution in [0.3, 0.4) is 0 Å². The summed E-state index contributed by atoms with van der Waals surface area (Å²) in [5.41, 5.74) is -0.139. The Labute approximate surface area is 171 Å². The van der Waals surface area contributed by atoms with Crippen molar-refractivity contribution in [1.29, 1.82) is 0 Å². The fourth-order valence-electron chi connectivity index (χ4n) is 3.53. The number of aromatic nitrogens is 1. The molecule has 27 heavy (non-hydrogen) atoms. The first-order valence-corrected chi connectivity index (χ1v) is 10.6. The summed E-state index contributed by atoms with van der Waals surface area (Å²) >= 11 is 13.9. The van der Waals surface area contributed by atoms with Crippen molar-refractivity contribution in [2.75, 3.05) is 0 Å². The number of nitrogens with one attached hydrogen (secondary N) is 2. The second-order valence-electron chi connectivity index (χ2n) is 6.85. The van der Waals surface area contributed by atoms with E-state index >= 15 is 0 Å². The van der Waals surface area contributed by atoms with Gasteiger partial charge in [-0.3, -0.25) is 4.79 Å². The van der Waals surface area contributed by atoms with Gasteiger partial charge in [0.25, 0.3) is 5.56 Å². The van der Waals surface area contributed by atoms with Gasteiger partial charge in [-0.25, -0.2) is 0 Å². The van der Waals surface area contributed by atoms with Crippen molar-refractivity contribution < 1.29 is 4.74 Å². The molecule has 1 saturated carbocycles. The lowest BCUT2D eigenvalue weighted by Gasteiger charge is -2.30. The van der Waals surface area contributed by atoms with Gasteiger partial charge in [0.05, 0.1) is 15.5 Å². The van der Waals surface area contributed by atoms with E-state index in [1.165, 1.54) is 4.88 Å². The summed E-state index contributed by atoms with van der Waals surface area (Å²) in [5, 5.41) is 5.51. The molecule has 4 nitrogen and oxygen atoms in total. The van der Waals surface area contributed by atoms with Gasteiger partial charge in [-0.2, -0.15) is 0 Å². The molecule has 2 aromatic heterocycles. The number of pyridine rings is 1. The fraction of sp³-hybridized carbons (Fsp3) is 0.350. The van der Waals surface area contributed by atoms with E-state index in [1.54, 1.807) is 23.6 Å². The molecule has 7 heteroatoms. The zero-order chi connectivity index (χ0) is 18.8. The SMILES string of the molecule is O=c1[nH]ccc2cc(O[C@H]3CC[C@@H](NCc4ccc(Cl)s4)CC3)c(Cl)cc12. The zero-order valence-corrected chi connectivity index (χ0v) is 17.0. The molecule has 1 aliphatic rings. The van der Waals surface area contributed by atoms with E-state index in [1.807, 2.05) is 18.2 Å². The van der Waals surface area contributed by atoms with E-state index in [-0.39, 0.29) is 11.7 Å². The summed E-state index contributed by atoms with van der Waals surface area (Å²) in [6, 6.07) is 9.91. The van der Waals surface area contributed by atoms with Gasteiger partial charge >= 0.3 is 0 Å². The predicted molar refractivity (Wildman–Crippen MR) is 112 cm³/mol. The van der Waals surface area contributed by atoms with E-state index < -0.39 is 0 Å². The molecule has 1 aliphatic carbocycles. The van der Waals surface area contributed by atoms with Crippen molar-refractivity contribution >= 4 is 45.3 Å². The Morgan fingerprint density at radius 1 is 1.15 bits per heavy atom. The Balaban J connectivity index is 1.34. The predicted octanol–water partition coefficient (Wildman–Crippen LogP) is 5.38. The minimum Gasteiger partial charge on any atom is -0.489 e. The highest BCUT2D eigenvalue weighted by atomic mass is 35.5. The second-order valence-corrected chi connectivity index (χ2v) is 9.06. The first-order valence-electron chi connectivity index (χ1n) is 9.04. The third-order valence-corrected chi connectivity index (χ3v) is 6.51. The van der Waals surface area contributed by atoms with Crippen LogP contribution in [0.2, 0.25) is 9.36 Å². The highest BCUT2D eigenvalue weighted by Gasteiger charge is 2.23. The summed E-state index contributed by atoms with van der Waals surface area (Å²) in [4.78, 5) is 15.8. The third-order valence-electron chi connectivity index (χ3n) is 4.99. The van der Waals surface area contributed by atoms with Crippen LogP contribution < -0.4 is 15.6 Å². The van der Waals surface area contributed by atoms with E-state index in [0.717, 1.165) is 42.0 Å². The molecule has 0 aliphatic heterocycles. The van der Waals surface area contributed by atoms with Gasteiger partial charge in [0, 0.05) is 29.0 Å². The number of thiophene rings is 1. The van der Waals surface area contributed by atoms with Crippen LogP contribution in [-0.4, -0.2) is 17.1 Å². The van der Waals surface area contributed by atoms with Crippen LogP contribution in [0.4, 0.5) is 0 Å². The molecule has 4 rings (SSSR count). The van der Waals surface area contributed by atoms with Crippen LogP contribution >= 0.6 is 34.5 Å². The quantitative estimate of drug-likeness (QED) is 0.580. The maximum atomic E-state index is 11.9. The van der Waals surface area contributed by atoms with Crippen molar-refractivity contribution in [3.8, 4) is 5.75 Å². The van der Waals surface area contributed by atoms with E-state index in [2.05, 4.69) is 16.4 Å². The normalized spacial score (nSPS) is 20.1. The Morgan fingerprint density at radius 3 is 2.70 bits per heavy atom. The molecule has 142 valence electrons. The molecule has 0 saturated heterocycles. The highest BCUT2D eigenvalue weighted by molar-refractivity contribution is 7.16. The number of halogens is 2. The topological polar surface area (TPSA) is 54.1 Å². The lowest BCUT2D eigenvalue weighted by atomic mass is 9.93. The number of hydrogen-bond donors (Lipinski definition) is 2. The molecule has 0 unspecified atom stereocenters. The molecule has 0 amide bonds. The van der Waals surface area contributed by atoms with Crippen LogP contribution in [-0.2, 0) is 6.54 Å². The first-order chi connectivity index (χ1) is 13.1. The van der Waals surface area contributed by atoms with Crippen molar-refractivity contribution in [3.63, 3.8) is 0 Å². The van der Waals surface area contributed by atoms with Crippen LogP contribution in [0.5, 0.6) is 5.75 Å². The molecule has 0 bridgehead atoms. The van der Waals surface area contributed by atoms with Crippen molar-refractivity contribution in [1.82, 2.24) is 10.3 Å². The number of fused-ring (bicyclic) bond motifs is 1. The Morgan fingerprint density at radius 2 is 1.96 bits per heavy atom. The van der Waals surface area contributed by atoms with Gasteiger partial charge in [-0.1, -0.05) is 23.2 Å². The average Bonchev–Trinajstić information content (AvgIpc) is 3.08. The van der Waals surface area contributed by atoms with Gasteiger partial charge in [-0.15, -0.1) is 11.3 Å². The molecule has 2 N–H and O–H groups in total. The highest BCUT2D eigenvalue weighted by Crippen LogP contribution is 2.32.